The van der Waals surface area contributed by atoms with E-state index in [-0.39, 0.29) is 23.7 Å². The van der Waals surface area contributed by atoms with Gasteiger partial charge >= 0.3 is 0 Å². The second-order valence-corrected chi connectivity index (χ2v) is 6.76. The SMILES string of the molecule is O=C(Nc1ccccc1Br)C1CC1C(=O)NC1CCCC1. The second kappa shape index (κ2) is 6.18. The maximum Gasteiger partial charge on any atom is 0.228 e. The molecule has 0 spiro atoms. The highest BCUT2D eigenvalue weighted by Crippen LogP contribution is 2.40. The zero-order valence-corrected chi connectivity index (χ0v) is 13.4. The lowest BCUT2D eigenvalue weighted by Crippen LogP contribution is -2.34. The van der Waals surface area contributed by atoms with Crippen molar-refractivity contribution in [2.75, 3.05) is 5.32 Å². The molecule has 0 radical (unpaired) electrons. The Bertz CT molecular complexity index is 555. The average Bonchev–Trinajstić information content (AvgIpc) is 3.13. The minimum atomic E-state index is -0.182. The van der Waals surface area contributed by atoms with Crippen LogP contribution in [0.25, 0.3) is 0 Å². The number of hydrogen-bond donors (Lipinski definition) is 2. The maximum atomic E-state index is 12.2. The van der Waals surface area contributed by atoms with E-state index in [1.54, 1.807) is 0 Å². The zero-order valence-electron chi connectivity index (χ0n) is 11.8. The number of carbonyl (C=O) groups excluding carboxylic acids is 2. The van der Waals surface area contributed by atoms with E-state index < -0.39 is 0 Å². The fourth-order valence-corrected chi connectivity index (χ4v) is 3.32. The molecule has 2 unspecified atom stereocenters. The van der Waals surface area contributed by atoms with Crippen LogP contribution >= 0.6 is 15.9 Å². The van der Waals surface area contributed by atoms with Crippen LogP contribution in [0, 0.1) is 11.8 Å². The smallest absolute Gasteiger partial charge is 0.228 e. The minimum Gasteiger partial charge on any atom is -0.353 e. The summed E-state index contributed by atoms with van der Waals surface area (Å²) in [6.07, 6.45) is 5.20. The Balaban J connectivity index is 1.51. The van der Waals surface area contributed by atoms with Crippen LogP contribution in [0.4, 0.5) is 5.69 Å². The van der Waals surface area contributed by atoms with Gasteiger partial charge in [-0.05, 0) is 47.3 Å². The number of halogens is 1. The van der Waals surface area contributed by atoms with E-state index in [2.05, 4.69) is 26.6 Å². The molecule has 3 rings (SSSR count). The molecular formula is C16H19BrN2O2. The van der Waals surface area contributed by atoms with Crippen molar-refractivity contribution in [2.45, 2.75) is 38.1 Å². The third-order valence-corrected chi connectivity index (χ3v) is 4.99. The van der Waals surface area contributed by atoms with Crippen molar-refractivity contribution >= 4 is 33.4 Å². The molecule has 2 saturated carbocycles. The number of nitrogens with one attached hydrogen (secondary N) is 2. The van der Waals surface area contributed by atoms with E-state index >= 15 is 0 Å². The molecule has 4 nitrogen and oxygen atoms in total. The largest absolute Gasteiger partial charge is 0.353 e. The van der Waals surface area contributed by atoms with Gasteiger partial charge in [0.25, 0.3) is 0 Å². The Hall–Kier alpha value is -1.36. The number of para-hydroxylation sites is 1. The fourth-order valence-electron chi connectivity index (χ4n) is 2.94. The van der Waals surface area contributed by atoms with Crippen LogP contribution in [0.1, 0.15) is 32.1 Å². The number of hydrogen-bond acceptors (Lipinski definition) is 2. The Morgan fingerprint density at radius 1 is 1.05 bits per heavy atom. The number of amides is 2. The van der Waals surface area contributed by atoms with Gasteiger partial charge in [-0.15, -0.1) is 0 Å². The van der Waals surface area contributed by atoms with Gasteiger partial charge in [0, 0.05) is 10.5 Å². The van der Waals surface area contributed by atoms with Crippen LogP contribution in [-0.2, 0) is 9.59 Å². The lowest BCUT2D eigenvalue weighted by Gasteiger charge is -2.11. The van der Waals surface area contributed by atoms with Crippen LogP contribution in [0.2, 0.25) is 0 Å². The van der Waals surface area contributed by atoms with E-state index in [0.717, 1.165) is 23.0 Å². The molecule has 2 amide bonds. The van der Waals surface area contributed by atoms with Crippen LogP contribution < -0.4 is 10.6 Å². The molecular weight excluding hydrogens is 332 g/mol. The standard InChI is InChI=1S/C16H19BrN2O2/c17-13-7-3-4-8-14(13)19-16(21)12-9-11(12)15(20)18-10-5-1-2-6-10/h3-4,7-8,10-12H,1-2,5-6,9H2,(H,18,20)(H,19,21). The molecule has 0 bridgehead atoms. The van der Waals surface area contributed by atoms with Gasteiger partial charge in [0.1, 0.15) is 0 Å². The first-order chi connectivity index (χ1) is 10.1. The van der Waals surface area contributed by atoms with Crippen molar-refractivity contribution < 1.29 is 9.59 Å². The highest BCUT2D eigenvalue weighted by Gasteiger charge is 2.48. The topological polar surface area (TPSA) is 58.2 Å². The first-order valence-electron chi connectivity index (χ1n) is 7.51. The number of rotatable bonds is 4. The summed E-state index contributed by atoms with van der Waals surface area (Å²) in [7, 11) is 0. The highest BCUT2D eigenvalue weighted by atomic mass is 79.9. The Kier molecular flexibility index (Phi) is 4.29. The van der Waals surface area contributed by atoms with Crippen LogP contribution in [0.3, 0.4) is 0 Å². The lowest BCUT2D eigenvalue weighted by molar-refractivity contribution is -0.125. The first-order valence-corrected chi connectivity index (χ1v) is 8.30. The first kappa shape index (κ1) is 14.6. The Morgan fingerprint density at radius 2 is 1.71 bits per heavy atom. The predicted octanol–water partition coefficient (Wildman–Crippen LogP) is 3.08. The molecule has 5 heteroatoms. The van der Waals surface area contributed by atoms with Crippen molar-refractivity contribution in [1.82, 2.24) is 5.32 Å². The summed E-state index contributed by atoms with van der Waals surface area (Å²) < 4.78 is 0.853. The molecule has 2 fully saturated rings. The van der Waals surface area contributed by atoms with Gasteiger partial charge in [-0.25, -0.2) is 0 Å². The summed E-state index contributed by atoms with van der Waals surface area (Å²) in [5.74, 6) is -0.339. The third-order valence-electron chi connectivity index (χ3n) is 4.30. The van der Waals surface area contributed by atoms with Crippen molar-refractivity contribution in [3.63, 3.8) is 0 Å². The summed E-state index contributed by atoms with van der Waals surface area (Å²) in [6, 6.07) is 7.82. The van der Waals surface area contributed by atoms with E-state index in [9.17, 15) is 9.59 Å². The highest BCUT2D eigenvalue weighted by molar-refractivity contribution is 9.10. The van der Waals surface area contributed by atoms with Crippen molar-refractivity contribution in [3.8, 4) is 0 Å². The van der Waals surface area contributed by atoms with Gasteiger partial charge < -0.3 is 10.6 Å². The van der Waals surface area contributed by atoms with Gasteiger partial charge in [0.15, 0.2) is 0 Å². The Labute approximate surface area is 132 Å². The summed E-state index contributed by atoms with van der Waals surface area (Å²) in [5.41, 5.74) is 0.754. The van der Waals surface area contributed by atoms with Gasteiger partial charge in [0.2, 0.25) is 11.8 Å². The van der Waals surface area contributed by atoms with E-state index in [1.807, 2.05) is 24.3 Å². The fraction of sp³-hybridized carbons (Fsp3) is 0.500. The quantitative estimate of drug-likeness (QED) is 0.876. The molecule has 0 aromatic heterocycles. The lowest BCUT2D eigenvalue weighted by atomic mass is 10.2. The molecule has 0 heterocycles. The molecule has 2 atom stereocenters. The normalized spacial score (nSPS) is 24.6. The third kappa shape index (κ3) is 3.46. The summed E-state index contributed by atoms with van der Waals surface area (Å²) >= 11 is 3.40. The Morgan fingerprint density at radius 3 is 2.43 bits per heavy atom. The molecule has 112 valence electrons. The van der Waals surface area contributed by atoms with Crippen LogP contribution in [0.15, 0.2) is 28.7 Å². The molecule has 0 saturated heterocycles. The molecule has 2 aliphatic rings. The molecule has 1 aromatic rings. The van der Waals surface area contributed by atoms with Crippen LogP contribution in [0.5, 0.6) is 0 Å². The number of anilines is 1. The predicted molar refractivity (Wildman–Crippen MR) is 84.8 cm³/mol. The summed E-state index contributed by atoms with van der Waals surface area (Å²) in [4.78, 5) is 24.3. The van der Waals surface area contributed by atoms with Gasteiger partial charge in [-0.1, -0.05) is 25.0 Å². The van der Waals surface area contributed by atoms with Crippen molar-refractivity contribution in [2.24, 2.45) is 11.8 Å². The van der Waals surface area contributed by atoms with E-state index in [4.69, 9.17) is 0 Å². The maximum absolute atomic E-state index is 12.2. The van der Waals surface area contributed by atoms with Crippen molar-refractivity contribution in [1.29, 1.82) is 0 Å². The average molecular weight is 351 g/mol. The minimum absolute atomic E-state index is 0.0502. The molecule has 1 aromatic carbocycles. The second-order valence-electron chi connectivity index (χ2n) is 5.91. The summed E-state index contributed by atoms with van der Waals surface area (Å²) in [5, 5.41) is 5.96. The zero-order chi connectivity index (χ0) is 14.8. The van der Waals surface area contributed by atoms with E-state index in [1.165, 1.54) is 12.8 Å². The number of benzene rings is 1. The molecule has 2 N–H and O–H groups in total. The van der Waals surface area contributed by atoms with Gasteiger partial charge in [-0.3, -0.25) is 9.59 Å². The van der Waals surface area contributed by atoms with Crippen LogP contribution in [-0.4, -0.2) is 17.9 Å². The van der Waals surface area contributed by atoms with Crippen molar-refractivity contribution in [3.05, 3.63) is 28.7 Å². The van der Waals surface area contributed by atoms with Gasteiger partial charge in [0.05, 0.1) is 17.5 Å². The molecule has 0 aliphatic heterocycles. The number of carbonyl (C=O) groups is 2. The van der Waals surface area contributed by atoms with Gasteiger partial charge in [-0.2, -0.15) is 0 Å². The summed E-state index contributed by atoms with van der Waals surface area (Å²) in [6.45, 7) is 0. The monoisotopic (exact) mass is 350 g/mol. The molecule has 2 aliphatic carbocycles. The van der Waals surface area contributed by atoms with E-state index in [0.29, 0.717) is 12.5 Å². The molecule has 21 heavy (non-hydrogen) atoms.